The molecule has 1 aliphatic carbocycles. The van der Waals surface area contributed by atoms with E-state index < -0.39 is 0 Å². The number of fused-ring (bicyclic) bond motifs is 2. The standard InChI is InChI=1S/C20H21N3O2/c1-13-11-23-12-15(6-9-19(23)21-13)20(24)22-18-5-3-4-14-10-16(25-2)7-8-17(14)18/h6-12,18H,3-5H2,1-2H3,(H,22,24)/t18-/m1/s1. The van der Waals surface area contributed by atoms with Crippen molar-refractivity contribution in [1.29, 1.82) is 0 Å². The number of nitrogens with zero attached hydrogens (tertiary/aromatic N) is 2. The van der Waals surface area contributed by atoms with Crippen LogP contribution < -0.4 is 10.1 Å². The van der Waals surface area contributed by atoms with Crippen molar-refractivity contribution in [1.82, 2.24) is 14.7 Å². The van der Waals surface area contributed by atoms with E-state index in [0.29, 0.717) is 5.56 Å². The van der Waals surface area contributed by atoms with Crippen molar-refractivity contribution in [3.8, 4) is 5.75 Å². The summed E-state index contributed by atoms with van der Waals surface area (Å²) in [7, 11) is 1.68. The molecule has 2 heterocycles. The quantitative estimate of drug-likeness (QED) is 0.797. The number of benzene rings is 1. The SMILES string of the molecule is COc1ccc2c(c1)CCC[C@H]2NC(=O)c1ccc2nc(C)cn2c1. The maximum absolute atomic E-state index is 12.7. The molecular formula is C20H21N3O2. The monoisotopic (exact) mass is 335 g/mol. The van der Waals surface area contributed by atoms with Gasteiger partial charge in [-0.15, -0.1) is 0 Å². The lowest BCUT2D eigenvalue weighted by molar-refractivity contribution is 0.0932. The number of carbonyl (C=O) groups is 1. The molecule has 0 aliphatic heterocycles. The second-order valence-electron chi connectivity index (χ2n) is 6.55. The third-order valence-corrected chi connectivity index (χ3v) is 4.80. The lowest BCUT2D eigenvalue weighted by Crippen LogP contribution is -2.31. The minimum atomic E-state index is -0.0538. The average Bonchev–Trinajstić information content (AvgIpc) is 3.00. The molecule has 0 radical (unpaired) electrons. The van der Waals surface area contributed by atoms with Crippen LogP contribution in [0.15, 0.2) is 42.7 Å². The van der Waals surface area contributed by atoms with Crippen molar-refractivity contribution in [3.05, 3.63) is 65.1 Å². The van der Waals surface area contributed by atoms with Crippen LogP contribution >= 0.6 is 0 Å². The van der Waals surface area contributed by atoms with E-state index in [1.54, 1.807) is 7.11 Å². The highest BCUT2D eigenvalue weighted by atomic mass is 16.5. The Bertz CT molecular complexity index is 945. The zero-order chi connectivity index (χ0) is 17.4. The zero-order valence-electron chi connectivity index (χ0n) is 14.5. The van der Waals surface area contributed by atoms with Gasteiger partial charge in [0.25, 0.3) is 5.91 Å². The molecule has 5 heteroatoms. The van der Waals surface area contributed by atoms with Gasteiger partial charge >= 0.3 is 0 Å². The van der Waals surface area contributed by atoms with Gasteiger partial charge in [-0.05, 0) is 61.6 Å². The molecule has 0 fully saturated rings. The summed E-state index contributed by atoms with van der Waals surface area (Å²) in [5, 5.41) is 3.19. The van der Waals surface area contributed by atoms with Gasteiger partial charge in [0.2, 0.25) is 0 Å². The molecule has 1 amide bonds. The maximum atomic E-state index is 12.7. The van der Waals surface area contributed by atoms with E-state index in [1.807, 2.05) is 41.9 Å². The minimum Gasteiger partial charge on any atom is -0.497 e. The molecular weight excluding hydrogens is 314 g/mol. The Hall–Kier alpha value is -2.82. The van der Waals surface area contributed by atoms with Gasteiger partial charge in [0.05, 0.1) is 24.4 Å². The van der Waals surface area contributed by atoms with Crippen molar-refractivity contribution in [2.75, 3.05) is 7.11 Å². The first-order chi connectivity index (χ1) is 12.1. The van der Waals surface area contributed by atoms with Crippen LogP contribution in [0.4, 0.5) is 0 Å². The van der Waals surface area contributed by atoms with Crippen LogP contribution in [-0.2, 0) is 6.42 Å². The van der Waals surface area contributed by atoms with Crippen LogP contribution in [0, 0.1) is 6.92 Å². The Labute approximate surface area is 146 Å². The molecule has 4 rings (SSSR count). The van der Waals surface area contributed by atoms with Crippen molar-refractivity contribution in [2.24, 2.45) is 0 Å². The predicted octanol–water partition coefficient (Wildman–Crippen LogP) is 3.46. The number of ether oxygens (including phenoxy) is 1. The van der Waals surface area contributed by atoms with Gasteiger partial charge in [0.1, 0.15) is 11.4 Å². The summed E-state index contributed by atoms with van der Waals surface area (Å²) in [4.78, 5) is 17.1. The third-order valence-electron chi connectivity index (χ3n) is 4.80. The van der Waals surface area contributed by atoms with Gasteiger partial charge in [-0.3, -0.25) is 4.79 Å². The van der Waals surface area contributed by atoms with Crippen LogP contribution in [0.5, 0.6) is 5.75 Å². The minimum absolute atomic E-state index is 0.0439. The number of aryl methyl sites for hydroxylation is 2. The van der Waals surface area contributed by atoms with Crippen LogP contribution in [0.3, 0.4) is 0 Å². The summed E-state index contributed by atoms with van der Waals surface area (Å²) in [5.41, 5.74) is 4.89. The molecule has 0 saturated heterocycles. The number of nitrogens with one attached hydrogen (secondary N) is 1. The van der Waals surface area contributed by atoms with E-state index in [2.05, 4.69) is 22.4 Å². The number of rotatable bonds is 3. The summed E-state index contributed by atoms with van der Waals surface area (Å²) in [6.45, 7) is 1.94. The summed E-state index contributed by atoms with van der Waals surface area (Å²) in [6.07, 6.45) is 6.80. The van der Waals surface area contributed by atoms with E-state index in [1.165, 1.54) is 11.1 Å². The number of methoxy groups -OCH3 is 1. The first-order valence-corrected chi connectivity index (χ1v) is 8.57. The Kier molecular flexibility index (Phi) is 3.92. The second kappa shape index (κ2) is 6.24. The number of hydrogen-bond donors (Lipinski definition) is 1. The van der Waals surface area contributed by atoms with E-state index in [9.17, 15) is 4.79 Å². The zero-order valence-corrected chi connectivity index (χ0v) is 14.5. The van der Waals surface area contributed by atoms with Crippen LogP contribution in [0.25, 0.3) is 5.65 Å². The highest BCUT2D eigenvalue weighted by Crippen LogP contribution is 2.32. The third kappa shape index (κ3) is 2.97. The van der Waals surface area contributed by atoms with Crippen molar-refractivity contribution < 1.29 is 9.53 Å². The summed E-state index contributed by atoms with van der Waals surface area (Å²) in [6, 6.07) is 9.86. The fraction of sp³-hybridized carbons (Fsp3) is 0.300. The number of hydrogen-bond acceptors (Lipinski definition) is 3. The molecule has 25 heavy (non-hydrogen) atoms. The first-order valence-electron chi connectivity index (χ1n) is 8.57. The molecule has 0 bridgehead atoms. The van der Waals surface area contributed by atoms with Crippen molar-refractivity contribution in [2.45, 2.75) is 32.2 Å². The van der Waals surface area contributed by atoms with Crippen molar-refractivity contribution in [3.63, 3.8) is 0 Å². The number of imidazole rings is 1. The lowest BCUT2D eigenvalue weighted by Gasteiger charge is -2.26. The van der Waals surface area contributed by atoms with E-state index in [0.717, 1.165) is 36.4 Å². The number of pyridine rings is 1. The van der Waals surface area contributed by atoms with Crippen LogP contribution in [-0.4, -0.2) is 22.4 Å². The Morgan fingerprint density at radius 1 is 1.28 bits per heavy atom. The fourth-order valence-corrected chi connectivity index (χ4v) is 3.56. The molecule has 1 N–H and O–H groups in total. The summed E-state index contributed by atoms with van der Waals surface area (Å²) < 4.78 is 7.21. The van der Waals surface area contributed by atoms with Gasteiger partial charge < -0.3 is 14.5 Å². The topological polar surface area (TPSA) is 55.6 Å². The lowest BCUT2D eigenvalue weighted by atomic mass is 9.87. The van der Waals surface area contributed by atoms with Gasteiger partial charge in [0.15, 0.2) is 0 Å². The summed E-state index contributed by atoms with van der Waals surface area (Å²) >= 11 is 0. The molecule has 0 spiro atoms. The normalized spacial score (nSPS) is 16.5. The van der Waals surface area contributed by atoms with Gasteiger partial charge in [-0.2, -0.15) is 0 Å². The number of carbonyl (C=O) groups excluding carboxylic acids is 1. The molecule has 0 saturated carbocycles. The number of aromatic nitrogens is 2. The van der Waals surface area contributed by atoms with Crippen molar-refractivity contribution >= 4 is 11.6 Å². The molecule has 1 atom stereocenters. The van der Waals surface area contributed by atoms with Crippen LogP contribution in [0.1, 0.15) is 46.1 Å². The fourth-order valence-electron chi connectivity index (χ4n) is 3.56. The smallest absolute Gasteiger partial charge is 0.253 e. The molecule has 1 aliphatic rings. The van der Waals surface area contributed by atoms with E-state index >= 15 is 0 Å². The Morgan fingerprint density at radius 2 is 2.16 bits per heavy atom. The molecule has 3 aromatic rings. The maximum Gasteiger partial charge on any atom is 0.253 e. The Morgan fingerprint density at radius 3 is 3.00 bits per heavy atom. The predicted molar refractivity (Wildman–Crippen MR) is 96.1 cm³/mol. The molecule has 1 aromatic carbocycles. The largest absolute Gasteiger partial charge is 0.497 e. The molecule has 0 unspecified atom stereocenters. The molecule has 128 valence electrons. The first kappa shape index (κ1) is 15.7. The second-order valence-corrected chi connectivity index (χ2v) is 6.55. The molecule has 2 aromatic heterocycles. The highest BCUT2D eigenvalue weighted by Gasteiger charge is 2.23. The Balaban J connectivity index is 1.58. The molecule has 5 nitrogen and oxygen atoms in total. The average molecular weight is 335 g/mol. The van der Waals surface area contributed by atoms with Crippen LogP contribution in [0.2, 0.25) is 0 Å². The van der Waals surface area contributed by atoms with Gasteiger partial charge in [-0.25, -0.2) is 4.98 Å². The summed E-state index contributed by atoms with van der Waals surface area (Å²) in [5.74, 6) is 0.813. The highest BCUT2D eigenvalue weighted by molar-refractivity contribution is 5.94. The van der Waals surface area contributed by atoms with Gasteiger partial charge in [0, 0.05) is 12.4 Å². The van der Waals surface area contributed by atoms with E-state index in [-0.39, 0.29) is 11.9 Å². The van der Waals surface area contributed by atoms with E-state index in [4.69, 9.17) is 4.74 Å². The van der Waals surface area contributed by atoms with Gasteiger partial charge in [-0.1, -0.05) is 6.07 Å². The number of amides is 1.